The molecular weight excluding hydrogens is 338 g/mol. The molecular formula is C20H30ClNO3. The molecule has 0 spiro atoms. The van der Waals surface area contributed by atoms with Crippen molar-refractivity contribution in [2.45, 2.75) is 84.3 Å². The number of rotatable bonds is 1. The van der Waals surface area contributed by atoms with E-state index >= 15 is 0 Å². The van der Waals surface area contributed by atoms with Crippen molar-refractivity contribution in [2.24, 2.45) is 28.6 Å². The van der Waals surface area contributed by atoms with Crippen molar-refractivity contribution in [1.82, 2.24) is 4.42 Å². The summed E-state index contributed by atoms with van der Waals surface area (Å²) in [4.78, 5) is 23.6. The summed E-state index contributed by atoms with van der Waals surface area (Å²) in [5.41, 5.74) is 0.264. The Kier molecular flexibility index (Phi) is 4.14. The predicted molar refractivity (Wildman–Crippen MR) is 95.7 cm³/mol. The van der Waals surface area contributed by atoms with Gasteiger partial charge in [-0.25, -0.2) is 0 Å². The SMILES string of the molecule is CC(=O)O[C@H]1CCC2[C@@H]3CCC4N(Cl)C(=O)CC[C@]4(C)C3CC[C@@]21C. The molecule has 0 aromatic heterocycles. The number of hydrogen-bond donors (Lipinski definition) is 0. The molecule has 7 atom stereocenters. The minimum atomic E-state index is -0.145. The van der Waals surface area contributed by atoms with Crippen LogP contribution in [-0.4, -0.2) is 28.4 Å². The topological polar surface area (TPSA) is 46.6 Å². The van der Waals surface area contributed by atoms with Gasteiger partial charge in [-0.15, -0.1) is 0 Å². The molecule has 4 rings (SSSR count). The molecule has 140 valence electrons. The van der Waals surface area contributed by atoms with Gasteiger partial charge in [0.1, 0.15) is 6.10 Å². The van der Waals surface area contributed by atoms with Crippen molar-refractivity contribution in [3.63, 3.8) is 0 Å². The van der Waals surface area contributed by atoms with Gasteiger partial charge in [0.2, 0.25) is 5.91 Å². The minimum absolute atomic E-state index is 0.0824. The summed E-state index contributed by atoms with van der Waals surface area (Å²) in [7, 11) is 0. The number of piperidine rings is 1. The van der Waals surface area contributed by atoms with E-state index in [1.807, 2.05) is 0 Å². The third-order valence-electron chi connectivity index (χ3n) is 8.43. The molecule has 4 fully saturated rings. The highest BCUT2D eigenvalue weighted by atomic mass is 35.5. The fourth-order valence-corrected chi connectivity index (χ4v) is 7.57. The summed E-state index contributed by atoms with van der Waals surface area (Å²) in [6, 6.07) is 0.187. The van der Waals surface area contributed by atoms with Crippen LogP contribution in [0.4, 0.5) is 0 Å². The van der Waals surface area contributed by atoms with Crippen LogP contribution in [0, 0.1) is 28.6 Å². The van der Waals surface area contributed by atoms with Crippen molar-refractivity contribution in [2.75, 3.05) is 0 Å². The Bertz CT molecular complexity index is 595. The summed E-state index contributed by atoms with van der Waals surface area (Å²) in [5.74, 6) is 1.90. The van der Waals surface area contributed by atoms with Gasteiger partial charge < -0.3 is 4.74 Å². The first kappa shape index (κ1) is 17.6. The number of carbonyl (C=O) groups is 2. The third-order valence-corrected chi connectivity index (χ3v) is 8.85. The van der Waals surface area contributed by atoms with Crippen LogP contribution in [0.2, 0.25) is 0 Å². The number of amides is 1. The van der Waals surface area contributed by atoms with Gasteiger partial charge >= 0.3 is 5.97 Å². The molecule has 0 radical (unpaired) electrons. The fourth-order valence-electron chi connectivity index (χ4n) is 7.16. The zero-order valence-corrected chi connectivity index (χ0v) is 16.3. The quantitative estimate of drug-likeness (QED) is 0.512. The van der Waals surface area contributed by atoms with Gasteiger partial charge in [0.05, 0.1) is 6.04 Å². The maximum Gasteiger partial charge on any atom is 0.302 e. The second-order valence-corrected chi connectivity index (χ2v) is 9.76. The minimum Gasteiger partial charge on any atom is -0.462 e. The van der Waals surface area contributed by atoms with E-state index < -0.39 is 0 Å². The molecule has 0 N–H and O–H groups in total. The first-order valence-corrected chi connectivity index (χ1v) is 10.3. The van der Waals surface area contributed by atoms with Crippen molar-refractivity contribution in [3.05, 3.63) is 0 Å². The van der Waals surface area contributed by atoms with E-state index in [0.29, 0.717) is 24.2 Å². The number of ether oxygens (including phenoxy) is 1. The number of hydrogen-bond acceptors (Lipinski definition) is 3. The molecule has 4 aliphatic rings. The molecule has 0 bridgehead atoms. The Morgan fingerprint density at radius 2 is 1.80 bits per heavy atom. The molecule has 1 aliphatic heterocycles. The number of nitrogens with zero attached hydrogens (tertiary/aromatic N) is 1. The first-order chi connectivity index (χ1) is 11.8. The van der Waals surface area contributed by atoms with Crippen LogP contribution >= 0.6 is 11.8 Å². The number of fused-ring (bicyclic) bond motifs is 5. The first-order valence-electron chi connectivity index (χ1n) is 9.92. The van der Waals surface area contributed by atoms with Crippen LogP contribution in [0.15, 0.2) is 0 Å². The smallest absolute Gasteiger partial charge is 0.302 e. The molecule has 1 saturated heterocycles. The summed E-state index contributed by atoms with van der Waals surface area (Å²) >= 11 is 6.41. The van der Waals surface area contributed by atoms with Gasteiger partial charge in [-0.1, -0.05) is 13.8 Å². The van der Waals surface area contributed by atoms with Gasteiger partial charge in [-0.3, -0.25) is 14.0 Å². The second-order valence-electron chi connectivity index (χ2n) is 9.40. The van der Waals surface area contributed by atoms with E-state index in [4.69, 9.17) is 16.5 Å². The Balaban J connectivity index is 1.60. The highest BCUT2D eigenvalue weighted by molar-refractivity contribution is 6.21. The molecule has 5 heteroatoms. The molecule has 1 heterocycles. The van der Waals surface area contributed by atoms with E-state index in [-0.39, 0.29) is 34.9 Å². The van der Waals surface area contributed by atoms with Crippen LogP contribution < -0.4 is 0 Å². The monoisotopic (exact) mass is 367 g/mol. The Labute approximate surface area is 155 Å². The maximum atomic E-state index is 12.1. The largest absolute Gasteiger partial charge is 0.462 e. The van der Waals surface area contributed by atoms with Gasteiger partial charge in [-0.05, 0) is 68.1 Å². The zero-order chi connectivity index (χ0) is 18.0. The lowest BCUT2D eigenvalue weighted by Gasteiger charge is -2.60. The Morgan fingerprint density at radius 1 is 1.08 bits per heavy atom. The van der Waals surface area contributed by atoms with Crippen LogP contribution in [0.25, 0.3) is 0 Å². The van der Waals surface area contributed by atoms with E-state index in [1.165, 1.54) is 24.2 Å². The lowest BCUT2D eigenvalue weighted by molar-refractivity contribution is -0.163. The molecule has 1 amide bonds. The Morgan fingerprint density at radius 3 is 2.52 bits per heavy atom. The highest BCUT2D eigenvalue weighted by Crippen LogP contribution is 2.65. The van der Waals surface area contributed by atoms with Crippen LogP contribution in [-0.2, 0) is 14.3 Å². The summed E-state index contributed by atoms with van der Waals surface area (Å²) in [6.45, 7) is 6.25. The van der Waals surface area contributed by atoms with E-state index in [1.54, 1.807) is 0 Å². The van der Waals surface area contributed by atoms with Gasteiger partial charge in [0.25, 0.3) is 0 Å². The van der Waals surface area contributed by atoms with Gasteiger partial charge in [0.15, 0.2) is 0 Å². The summed E-state index contributed by atoms with van der Waals surface area (Å²) in [5, 5.41) is 0. The Hall–Kier alpha value is -0.770. The van der Waals surface area contributed by atoms with Crippen LogP contribution in [0.3, 0.4) is 0 Å². The molecule has 3 saturated carbocycles. The van der Waals surface area contributed by atoms with Crippen LogP contribution in [0.1, 0.15) is 72.1 Å². The molecule has 3 unspecified atom stereocenters. The molecule has 3 aliphatic carbocycles. The van der Waals surface area contributed by atoms with Crippen LogP contribution in [0.5, 0.6) is 0 Å². The van der Waals surface area contributed by atoms with Crippen molar-refractivity contribution >= 4 is 23.7 Å². The lowest BCUT2D eigenvalue weighted by Crippen LogP contribution is -2.60. The van der Waals surface area contributed by atoms with Gasteiger partial charge in [0, 0.05) is 30.5 Å². The predicted octanol–water partition coefficient (Wildman–Crippen LogP) is 4.31. The average molecular weight is 368 g/mol. The number of halogens is 1. The van der Waals surface area contributed by atoms with Gasteiger partial charge in [-0.2, -0.15) is 0 Å². The van der Waals surface area contributed by atoms with Crippen molar-refractivity contribution in [1.29, 1.82) is 0 Å². The highest BCUT2D eigenvalue weighted by Gasteiger charge is 2.62. The summed E-state index contributed by atoms with van der Waals surface area (Å²) < 4.78 is 7.24. The normalized spacial score (nSPS) is 49.2. The maximum absolute atomic E-state index is 12.1. The summed E-state index contributed by atoms with van der Waals surface area (Å²) in [6.07, 6.45) is 8.25. The number of esters is 1. The molecule has 25 heavy (non-hydrogen) atoms. The average Bonchev–Trinajstić information content (AvgIpc) is 2.88. The molecule has 0 aromatic carbocycles. The lowest BCUT2D eigenvalue weighted by atomic mass is 9.47. The van der Waals surface area contributed by atoms with E-state index in [9.17, 15) is 9.59 Å². The number of carbonyl (C=O) groups excluding carboxylic acids is 2. The standard InChI is InChI=1S/C20H30ClNO3/c1-12(23)25-17-7-5-14-13-4-6-16-19(2,11-9-18(24)22(16)21)15(13)8-10-20(14,17)3/h13-17H,4-11H2,1-3H3/t13-,14?,15?,16?,17-,19+,20-/m0/s1. The van der Waals surface area contributed by atoms with E-state index in [2.05, 4.69) is 13.8 Å². The van der Waals surface area contributed by atoms with Crippen molar-refractivity contribution < 1.29 is 14.3 Å². The van der Waals surface area contributed by atoms with E-state index in [0.717, 1.165) is 32.1 Å². The third kappa shape index (κ3) is 2.46. The fraction of sp³-hybridized carbons (Fsp3) is 0.900. The second kappa shape index (κ2) is 5.87. The zero-order valence-electron chi connectivity index (χ0n) is 15.6. The molecule has 0 aromatic rings. The molecule has 4 nitrogen and oxygen atoms in total. The van der Waals surface area contributed by atoms with Crippen molar-refractivity contribution in [3.8, 4) is 0 Å².